The smallest absolute Gasteiger partial charge is 0.329 e. The zero-order chi connectivity index (χ0) is 16.0. The second-order valence-corrected chi connectivity index (χ2v) is 5.24. The minimum Gasteiger partial charge on any atom is -0.503 e. The summed E-state index contributed by atoms with van der Waals surface area (Å²) in [6, 6.07) is 2.98. The highest BCUT2D eigenvalue weighted by molar-refractivity contribution is 9.10. The maximum atomic E-state index is 11.4. The molecule has 0 aliphatic rings. The van der Waals surface area contributed by atoms with Gasteiger partial charge in [-0.05, 0) is 47.5 Å². The number of rotatable bonds is 4. The maximum Gasteiger partial charge on any atom is 0.329 e. The van der Waals surface area contributed by atoms with Gasteiger partial charge in [-0.3, -0.25) is 9.59 Å². The fourth-order valence-electron chi connectivity index (χ4n) is 1.37. The van der Waals surface area contributed by atoms with Crippen LogP contribution in [0.1, 0.15) is 19.4 Å². The van der Waals surface area contributed by atoms with Gasteiger partial charge < -0.3 is 15.2 Å². The Balaban J connectivity index is 2.72. The van der Waals surface area contributed by atoms with Crippen LogP contribution < -0.4 is 15.5 Å². The number of carbonyl (C=O) groups excluding carboxylic acids is 2. The van der Waals surface area contributed by atoms with Gasteiger partial charge in [-0.1, -0.05) is 0 Å². The standard InChI is InChI=1S/C13H16BrN3O4/c1-7(2)16-12(19)13(20)17-15-6-8-4-9(14)11(18)10(5-8)21-3/h4-7,18H,1-3H3,(H,16,19)(H,17,20)/b15-6-. The van der Waals surface area contributed by atoms with Crippen molar-refractivity contribution in [3.05, 3.63) is 22.2 Å². The molecule has 0 aromatic heterocycles. The number of methoxy groups -OCH3 is 1. The molecule has 0 spiro atoms. The molecular weight excluding hydrogens is 342 g/mol. The van der Waals surface area contributed by atoms with Crippen LogP contribution in [-0.4, -0.2) is 36.3 Å². The van der Waals surface area contributed by atoms with Crippen LogP contribution in [0, 0.1) is 0 Å². The largest absolute Gasteiger partial charge is 0.503 e. The van der Waals surface area contributed by atoms with Crippen molar-refractivity contribution in [2.24, 2.45) is 5.10 Å². The molecule has 0 aliphatic heterocycles. The molecule has 0 radical (unpaired) electrons. The van der Waals surface area contributed by atoms with Crippen LogP contribution in [-0.2, 0) is 9.59 Å². The predicted molar refractivity (Wildman–Crippen MR) is 81.4 cm³/mol. The van der Waals surface area contributed by atoms with Crippen molar-refractivity contribution in [2.45, 2.75) is 19.9 Å². The summed E-state index contributed by atoms with van der Waals surface area (Å²) >= 11 is 3.17. The average Bonchev–Trinajstić information content (AvgIpc) is 2.41. The second-order valence-electron chi connectivity index (χ2n) is 4.38. The number of nitrogens with one attached hydrogen (secondary N) is 2. The van der Waals surface area contributed by atoms with Crippen molar-refractivity contribution in [2.75, 3.05) is 7.11 Å². The van der Waals surface area contributed by atoms with E-state index in [2.05, 4.69) is 31.8 Å². The lowest BCUT2D eigenvalue weighted by Crippen LogP contribution is -2.41. The number of nitrogens with zero attached hydrogens (tertiary/aromatic N) is 1. The number of hydrogen-bond donors (Lipinski definition) is 3. The number of benzene rings is 1. The second kappa shape index (κ2) is 7.63. The van der Waals surface area contributed by atoms with Gasteiger partial charge in [0.25, 0.3) is 0 Å². The van der Waals surface area contributed by atoms with Gasteiger partial charge in [0.05, 0.1) is 17.8 Å². The molecule has 1 aromatic carbocycles. The summed E-state index contributed by atoms with van der Waals surface area (Å²) < 4.78 is 5.41. The summed E-state index contributed by atoms with van der Waals surface area (Å²) in [5.74, 6) is -1.39. The van der Waals surface area contributed by atoms with E-state index in [1.807, 2.05) is 0 Å². The zero-order valence-corrected chi connectivity index (χ0v) is 13.4. The molecule has 7 nitrogen and oxygen atoms in total. The molecule has 0 aliphatic carbocycles. The first kappa shape index (κ1) is 17.0. The van der Waals surface area contributed by atoms with Gasteiger partial charge in [-0.2, -0.15) is 5.10 Å². The third-order valence-corrected chi connectivity index (χ3v) is 2.88. The molecule has 2 amide bonds. The highest BCUT2D eigenvalue weighted by Gasteiger charge is 2.13. The predicted octanol–water partition coefficient (Wildman–Crippen LogP) is 1.14. The molecule has 1 aromatic rings. The topological polar surface area (TPSA) is 100 Å². The number of amides is 2. The van der Waals surface area contributed by atoms with Crippen LogP contribution in [0.25, 0.3) is 0 Å². The number of halogens is 1. The van der Waals surface area contributed by atoms with Crippen molar-refractivity contribution in [1.82, 2.24) is 10.7 Å². The van der Waals surface area contributed by atoms with Gasteiger partial charge >= 0.3 is 11.8 Å². The molecule has 0 heterocycles. The Morgan fingerprint density at radius 1 is 1.38 bits per heavy atom. The zero-order valence-electron chi connectivity index (χ0n) is 11.8. The Bertz CT molecular complexity index is 573. The molecule has 114 valence electrons. The van der Waals surface area contributed by atoms with Gasteiger partial charge in [0.15, 0.2) is 11.5 Å². The van der Waals surface area contributed by atoms with Gasteiger partial charge in [0.2, 0.25) is 0 Å². The number of hydrazone groups is 1. The first-order valence-electron chi connectivity index (χ1n) is 6.05. The lowest BCUT2D eigenvalue weighted by atomic mass is 10.2. The third kappa shape index (κ3) is 5.07. The number of phenols is 1. The Morgan fingerprint density at radius 3 is 2.62 bits per heavy atom. The van der Waals surface area contributed by atoms with E-state index in [-0.39, 0.29) is 17.5 Å². The Hall–Kier alpha value is -2.09. The van der Waals surface area contributed by atoms with E-state index in [0.29, 0.717) is 10.0 Å². The van der Waals surface area contributed by atoms with Crippen molar-refractivity contribution >= 4 is 34.0 Å². The van der Waals surface area contributed by atoms with Gasteiger partial charge in [0.1, 0.15) is 0 Å². The summed E-state index contributed by atoms with van der Waals surface area (Å²) in [7, 11) is 1.42. The first-order chi connectivity index (χ1) is 9.85. The van der Waals surface area contributed by atoms with Crippen molar-refractivity contribution in [1.29, 1.82) is 0 Å². The van der Waals surface area contributed by atoms with Crippen molar-refractivity contribution in [3.8, 4) is 11.5 Å². The first-order valence-corrected chi connectivity index (χ1v) is 6.84. The van der Waals surface area contributed by atoms with E-state index in [1.165, 1.54) is 19.4 Å². The van der Waals surface area contributed by atoms with Crippen LogP contribution in [0.15, 0.2) is 21.7 Å². The molecule has 0 fully saturated rings. The van der Waals surface area contributed by atoms with E-state index < -0.39 is 11.8 Å². The number of hydrogen-bond acceptors (Lipinski definition) is 5. The van der Waals surface area contributed by atoms with Crippen LogP contribution in [0.3, 0.4) is 0 Å². The van der Waals surface area contributed by atoms with Gasteiger partial charge in [-0.15, -0.1) is 0 Å². The molecular formula is C13H16BrN3O4. The fraction of sp³-hybridized carbons (Fsp3) is 0.308. The third-order valence-electron chi connectivity index (χ3n) is 2.28. The van der Waals surface area contributed by atoms with Crippen molar-refractivity contribution in [3.63, 3.8) is 0 Å². The number of phenolic OH excluding ortho intramolecular Hbond substituents is 1. The molecule has 3 N–H and O–H groups in total. The highest BCUT2D eigenvalue weighted by atomic mass is 79.9. The normalized spacial score (nSPS) is 10.7. The molecule has 8 heteroatoms. The van der Waals surface area contributed by atoms with E-state index in [9.17, 15) is 14.7 Å². The molecule has 1 rings (SSSR count). The molecule has 0 saturated heterocycles. The lowest BCUT2D eigenvalue weighted by molar-refractivity contribution is -0.139. The summed E-state index contributed by atoms with van der Waals surface area (Å²) in [5, 5.41) is 15.8. The molecule has 0 saturated carbocycles. The lowest BCUT2D eigenvalue weighted by Gasteiger charge is -2.07. The van der Waals surface area contributed by atoms with Crippen LogP contribution >= 0.6 is 15.9 Å². The minimum absolute atomic E-state index is 0.0324. The van der Waals surface area contributed by atoms with Crippen LogP contribution in [0.2, 0.25) is 0 Å². The quantitative estimate of drug-likeness (QED) is 0.427. The number of aromatic hydroxyl groups is 1. The molecule has 0 bridgehead atoms. The molecule has 0 unspecified atom stereocenters. The summed E-state index contributed by atoms with van der Waals surface area (Å²) in [4.78, 5) is 22.7. The monoisotopic (exact) mass is 357 g/mol. The molecule has 21 heavy (non-hydrogen) atoms. The number of ether oxygens (including phenoxy) is 1. The fourth-order valence-corrected chi connectivity index (χ4v) is 1.83. The van der Waals surface area contributed by atoms with Gasteiger partial charge in [0, 0.05) is 6.04 Å². The average molecular weight is 358 g/mol. The van der Waals surface area contributed by atoms with E-state index in [1.54, 1.807) is 19.9 Å². The van der Waals surface area contributed by atoms with E-state index >= 15 is 0 Å². The molecule has 0 atom stereocenters. The Kier molecular flexibility index (Phi) is 6.16. The minimum atomic E-state index is -0.857. The summed E-state index contributed by atoms with van der Waals surface area (Å²) in [6.45, 7) is 3.49. The van der Waals surface area contributed by atoms with E-state index in [4.69, 9.17) is 4.74 Å². The maximum absolute atomic E-state index is 11.4. The highest BCUT2D eigenvalue weighted by Crippen LogP contribution is 2.34. The Labute approximate surface area is 130 Å². The van der Waals surface area contributed by atoms with Crippen molar-refractivity contribution < 1.29 is 19.4 Å². The number of carbonyl (C=O) groups is 2. The summed E-state index contributed by atoms with van der Waals surface area (Å²) in [5.41, 5.74) is 2.68. The van der Waals surface area contributed by atoms with Gasteiger partial charge in [-0.25, -0.2) is 5.43 Å². The van der Waals surface area contributed by atoms with Crippen LogP contribution in [0.5, 0.6) is 11.5 Å². The van der Waals surface area contributed by atoms with E-state index in [0.717, 1.165) is 0 Å². The summed E-state index contributed by atoms with van der Waals surface area (Å²) in [6.07, 6.45) is 1.33. The van der Waals surface area contributed by atoms with Crippen LogP contribution in [0.4, 0.5) is 0 Å². The SMILES string of the molecule is COc1cc(/C=N\NC(=O)C(=O)NC(C)C)cc(Br)c1O. The Morgan fingerprint density at radius 2 is 2.05 bits per heavy atom.